The number of carbonyl (C=O) groups is 1. The van der Waals surface area contributed by atoms with Gasteiger partial charge in [0.25, 0.3) is 5.91 Å². The Hall–Kier alpha value is -2.28. The van der Waals surface area contributed by atoms with Crippen LogP contribution >= 0.6 is 15.9 Å². The Balaban J connectivity index is 1.57. The van der Waals surface area contributed by atoms with Crippen LogP contribution in [0.4, 0.5) is 4.39 Å². The van der Waals surface area contributed by atoms with Gasteiger partial charge in [-0.25, -0.2) is 4.39 Å². The van der Waals surface area contributed by atoms with Crippen LogP contribution in [0, 0.1) is 5.82 Å². The molecule has 7 heteroatoms. The quantitative estimate of drug-likeness (QED) is 0.759. The Morgan fingerprint density at radius 1 is 1.20 bits per heavy atom. The van der Waals surface area contributed by atoms with Crippen molar-refractivity contribution in [2.45, 2.75) is 6.54 Å². The normalized spacial score (nSPS) is 12.6. The van der Waals surface area contributed by atoms with Gasteiger partial charge in [-0.3, -0.25) is 4.79 Å². The number of amides is 1. The molecule has 1 heterocycles. The minimum Gasteiger partial charge on any atom is -0.486 e. The van der Waals surface area contributed by atoms with Crippen molar-refractivity contribution in [1.82, 2.24) is 4.90 Å². The van der Waals surface area contributed by atoms with Crippen LogP contribution in [0.5, 0.6) is 17.2 Å². The molecule has 2 aromatic rings. The summed E-state index contributed by atoms with van der Waals surface area (Å²) in [5.41, 5.74) is 0.912. The van der Waals surface area contributed by atoms with Gasteiger partial charge in [0.2, 0.25) is 0 Å². The molecule has 25 heavy (non-hydrogen) atoms. The lowest BCUT2D eigenvalue weighted by Gasteiger charge is -2.21. The molecule has 1 amide bonds. The molecule has 0 radical (unpaired) electrons. The lowest BCUT2D eigenvalue weighted by atomic mass is 10.2. The van der Waals surface area contributed by atoms with Crippen molar-refractivity contribution in [2.75, 3.05) is 26.9 Å². The van der Waals surface area contributed by atoms with E-state index < -0.39 is 5.82 Å². The summed E-state index contributed by atoms with van der Waals surface area (Å²) < 4.78 is 30.6. The number of fused-ring (bicyclic) bond motifs is 1. The van der Waals surface area contributed by atoms with Gasteiger partial charge in [-0.2, -0.15) is 0 Å². The Bertz CT molecular complexity index is 784. The number of likely N-dealkylation sites (N-methyl/N-ethyl adjacent to an activating group) is 1. The van der Waals surface area contributed by atoms with Crippen molar-refractivity contribution in [1.29, 1.82) is 0 Å². The highest BCUT2D eigenvalue weighted by atomic mass is 79.9. The monoisotopic (exact) mass is 409 g/mol. The second-order valence-corrected chi connectivity index (χ2v) is 6.51. The van der Waals surface area contributed by atoms with E-state index in [1.165, 1.54) is 17.0 Å². The summed E-state index contributed by atoms with van der Waals surface area (Å²) in [7, 11) is 1.67. The van der Waals surface area contributed by atoms with E-state index in [1.807, 2.05) is 18.2 Å². The van der Waals surface area contributed by atoms with E-state index >= 15 is 0 Å². The summed E-state index contributed by atoms with van der Waals surface area (Å²) in [6.45, 7) is 1.20. The number of nitrogens with zero attached hydrogens (tertiary/aromatic N) is 1. The van der Waals surface area contributed by atoms with E-state index in [0.29, 0.717) is 35.7 Å². The average Bonchev–Trinajstić information content (AvgIpc) is 2.60. The summed E-state index contributed by atoms with van der Waals surface area (Å²) in [6, 6.07) is 9.99. The van der Waals surface area contributed by atoms with Gasteiger partial charge in [0.05, 0.1) is 0 Å². The molecule has 0 N–H and O–H groups in total. The third-order valence-electron chi connectivity index (χ3n) is 3.70. The number of rotatable bonds is 5. The number of benzene rings is 2. The highest BCUT2D eigenvalue weighted by molar-refractivity contribution is 9.10. The lowest BCUT2D eigenvalue weighted by Crippen LogP contribution is -2.31. The molecular formula is C18H17BrFNO4. The molecule has 0 unspecified atom stereocenters. The Labute approximate surface area is 153 Å². The zero-order valence-electron chi connectivity index (χ0n) is 13.6. The molecule has 0 atom stereocenters. The molecular weight excluding hydrogens is 393 g/mol. The Kier molecular flexibility index (Phi) is 5.43. The molecule has 1 aliphatic heterocycles. The predicted octanol–water partition coefficient (Wildman–Crippen LogP) is 3.40. The van der Waals surface area contributed by atoms with Crippen LogP contribution in [0.2, 0.25) is 0 Å². The minimum absolute atomic E-state index is 0.0456. The Morgan fingerprint density at radius 3 is 2.72 bits per heavy atom. The van der Waals surface area contributed by atoms with E-state index in [-0.39, 0.29) is 18.3 Å². The SMILES string of the molecule is CN(Cc1ccc2c(c1)OCCO2)C(=O)COc1ccc(Br)cc1F. The van der Waals surface area contributed by atoms with Gasteiger partial charge in [0.15, 0.2) is 29.7 Å². The summed E-state index contributed by atoms with van der Waals surface area (Å²) >= 11 is 3.17. The smallest absolute Gasteiger partial charge is 0.260 e. The molecule has 0 saturated carbocycles. The van der Waals surface area contributed by atoms with Crippen LogP contribution in [0.25, 0.3) is 0 Å². The van der Waals surface area contributed by atoms with Gasteiger partial charge in [0.1, 0.15) is 13.2 Å². The molecule has 5 nitrogen and oxygen atoms in total. The summed E-state index contributed by atoms with van der Waals surface area (Å²) in [6.07, 6.45) is 0. The fourth-order valence-electron chi connectivity index (χ4n) is 2.39. The van der Waals surface area contributed by atoms with Crippen LogP contribution in [-0.4, -0.2) is 37.7 Å². The molecule has 132 valence electrons. The number of carbonyl (C=O) groups excluding carboxylic acids is 1. The molecule has 2 aromatic carbocycles. The fraction of sp³-hybridized carbons (Fsp3) is 0.278. The van der Waals surface area contributed by atoms with Crippen LogP contribution in [0.3, 0.4) is 0 Å². The zero-order valence-corrected chi connectivity index (χ0v) is 15.2. The first-order valence-electron chi connectivity index (χ1n) is 7.73. The van der Waals surface area contributed by atoms with Crippen LogP contribution in [0.1, 0.15) is 5.56 Å². The summed E-state index contributed by atoms with van der Waals surface area (Å²) in [5.74, 6) is 0.661. The van der Waals surface area contributed by atoms with Gasteiger partial charge >= 0.3 is 0 Å². The maximum absolute atomic E-state index is 13.7. The minimum atomic E-state index is -0.517. The van der Waals surface area contributed by atoms with Crippen molar-refractivity contribution in [2.24, 2.45) is 0 Å². The summed E-state index contributed by atoms with van der Waals surface area (Å²) in [5, 5.41) is 0. The lowest BCUT2D eigenvalue weighted by molar-refractivity contribution is -0.132. The van der Waals surface area contributed by atoms with Gasteiger partial charge in [-0.05, 0) is 35.9 Å². The molecule has 0 fully saturated rings. The maximum Gasteiger partial charge on any atom is 0.260 e. The van der Waals surface area contributed by atoms with E-state index in [4.69, 9.17) is 14.2 Å². The molecule has 0 saturated heterocycles. The second-order valence-electron chi connectivity index (χ2n) is 5.59. The topological polar surface area (TPSA) is 48.0 Å². The highest BCUT2D eigenvalue weighted by Gasteiger charge is 2.15. The van der Waals surface area contributed by atoms with E-state index in [2.05, 4.69) is 15.9 Å². The molecule has 1 aliphatic rings. The summed E-state index contributed by atoms with van der Waals surface area (Å²) in [4.78, 5) is 13.7. The van der Waals surface area contributed by atoms with Crippen molar-refractivity contribution in [3.8, 4) is 17.2 Å². The highest BCUT2D eigenvalue weighted by Crippen LogP contribution is 2.31. The van der Waals surface area contributed by atoms with Crippen LogP contribution in [0.15, 0.2) is 40.9 Å². The molecule has 0 spiro atoms. The molecule has 0 aliphatic carbocycles. The van der Waals surface area contributed by atoms with Crippen molar-refractivity contribution >= 4 is 21.8 Å². The first kappa shape index (κ1) is 17.5. The standard InChI is InChI=1S/C18H17BrFNO4/c1-21(10-12-2-4-16-17(8-12)24-7-6-23-16)18(22)11-25-15-5-3-13(19)9-14(15)20/h2-5,8-9H,6-7,10-11H2,1H3. The van der Waals surface area contributed by atoms with E-state index in [9.17, 15) is 9.18 Å². The van der Waals surface area contributed by atoms with Gasteiger partial charge in [-0.15, -0.1) is 0 Å². The number of hydrogen-bond acceptors (Lipinski definition) is 4. The number of halogens is 2. The third kappa shape index (κ3) is 4.42. The number of hydrogen-bond donors (Lipinski definition) is 0. The van der Waals surface area contributed by atoms with Crippen molar-refractivity contribution < 1.29 is 23.4 Å². The molecule has 3 rings (SSSR count). The van der Waals surface area contributed by atoms with Crippen LogP contribution < -0.4 is 14.2 Å². The predicted molar refractivity (Wildman–Crippen MR) is 93.5 cm³/mol. The fourth-order valence-corrected chi connectivity index (χ4v) is 2.72. The van der Waals surface area contributed by atoms with E-state index in [0.717, 1.165) is 5.56 Å². The third-order valence-corrected chi connectivity index (χ3v) is 4.19. The molecule has 0 aromatic heterocycles. The van der Waals surface area contributed by atoms with Crippen LogP contribution in [-0.2, 0) is 11.3 Å². The second kappa shape index (κ2) is 7.74. The van der Waals surface area contributed by atoms with Crippen molar-refractivity contribution in [3.05, 3.63) is 52.3 Å². The van der Waals surface area contributed by atoms with Crippen molar-refractivity contribution in [3.63, 3.8) is 0 Å². The van der Waals surface area contributed by atoms with Gasteiger partial charge < -0.3 is 19.1 Å². The van der Waals surface area contributed by atoms with E-state index in [1.54, 1.807) is 13.1 Å². The van der Waals surface area contributed by atoms with Gasteiger partial charge in [0, 0.05) is 18.1 Å². The molecule has 0 bridgehead atoms. The number of ether oxygens (including phenoxy) is 3. The van der Waals surface area contributed by atoms with Gasteiger partial charge in [-0.1, -0.05) is 22.0 Å². The first-order valence-corrected chi connectivity index (χ1v) is 8.52. The Morgan fingerprint density at radius 2 is 1.96 bits per heavy atom. The maximum atomic E-state index is 13.7. The first-order chi connectivity index (χ1) is 12.0. The zero-order chi connectivity index (χ0) is 17.8. The average molecular weight is 410 g/mol. The largest absolute Gasteiger partial charge is 0.486 e.